The van der Waals surface area contributed by atoms with Crippen molar-refractivity contribution in [1.82, 2.24) is 15.3 Å². The second kappa shape index (κ2) is 7.81. The van der Waals surface area contributed by atoms with Gasteiger partial charge in [-0.1, -0.05) is 17.7 Å². The maximum absolute atomic E-state index is 13.0. The predicted molar refractivity (Wildman–Crippen MR) is 102 cm³/mol. The SMILES string of the molecule is Cc1cc(C(=O)NCCCN)ccc1-c1nc2c(Cl)cc(C(F)(F)F)cc2[nH]1. The van der Waals surface area contributed by atoms with Crippen LogP contribution in [0.3, 0.4) is 0 Å². The smallest absolute Gasteiger partial charge is 0.352 e. The standard InChI is InChI=1S/C19H18ClF3N4O/c1-10-7-11(18(28)25-6-2-5-24)3-4-13(10)17-26-15-9-12(19(21,22)23)8-14(20)16(15)27-17/h3-4,7-9H,2,5-6,24H2,1H3,(H,25,28)(H,26,27). The Hall–Kier alpha value is -2.58. The number of imidazole rings is 1. The summed E-state index contributed by atoms with van der Waals surface area (Å²) < 4.78 is 38.9. The highest BCUT2D eigenvalue weighted by atomic mass is 35.5. The van der Waals surface area contributed by atoms with Gasteiger partial charge in [0.05, 0.1) is 16.1 Å². The molecule has 0 fully saturated rings. The van der Waals surface area contributed by atoms with Crippen LogP contribution in [0.25, 0.3) is 22.4 Å². The lowest BCUT2D eigenvalue weighted by Gasteiger charge is -2.07. The number of hydrogen-bond acceptors (Lipinski definition) is 3. The van der Waals surface area contributed by atoms with Crippen molar-refractivity contribution in [2.75, 3.05) is 13.1 Å². The second-order valence-electron chi connectivity index (χ2n) is 6.37. The highest BCUT2D eigenvalue weighted by molar-refractivity contribution is 6.35. The van der Waals surface area contributed by atoms with E-state index in [9.17, 15) is 18.0 Å². The van der Waals surface area contributed by atoms with Crippen molar-refractivity contribution in [1.29, 1.82) is 0 Å². The molecule has 2 aromatic carbocycles. The van der Waals surface area contributed by atoms with Gasteiger partial charge in [0.25, 0.3) is 5.91 Å². The van der Waals surface area contributed by atoms with Crippen LogP contribution in [0.15, 0.2) is 30.3 Å². The zero-order valence-electron chi connectivity index (χ0n) is 15.0. The number of aromatic amines is 1. The average Bonchev–Trinajstić information content (AvgIpc) is 3.05. The van der Waals surface area contributed by atoms with Crippen LogP contribution < -0.4 is 11.1 Å². The largest absolute Gasteiger partial charge is 0.416 e. The molecule has 3 rings (SSSR count). The number of carbonyl (C=O) groups excluding carboxylic acids is 1. The van der Waals surface area contributed by atoms with Gasteiger partial charge in [-0.2, -0.15) is 13.2 Å². The Morgan fingerprint density at radius 1 is 1.29 bits per heavy atom. The Balaban J connectivity index is 1.94. The molecule has 1 amide bonds. The minimum Gasteiger partial charge on any atom is -0.352 e. The van der Waals surface area contributed by atoms with Gasteiger partial charge in [0.15, 0.2) is 0 Å². The number of benzene rings is 2. The van der Waals surface area contributed by atoms with Crippen molar-refractivity contribution in [3.05, 3.63) is 52.0 Å². The quantitative estimate of drug-likeness (QED) is 0.549. The Morgan fingerprint density at radius 2 is 2.04 bits per heavy atom. The van der Waals surface area contributed by atoms with Gasteiger partial charge < -0.3 is 16.0 Å². The Kier molecular flexibility index (Phi) is 5.62. The van der Waals surface area contributed by atoms with E-state index in [2.05, 4.69) is 15.3 Å². The van der Waals surface area contributed by atoms with E-state index in [1.807, 2.05) is 0 Å². The third-order valence-corrected chi connectivity index (χ3v) is 4.57. The first-order chi connectivity index (χ1) is 13.2. The number of amides is 1. The summed E-state index contributed by atoms with van der Waals surface area (Å²) in [5, 5.41) is 2.69. The third kappa shape index (κ3) is 4.13. The topological polar surface area (TPSA) is 83.8 Å². The van der Waals surface area contributed by atoms with Gasteiger partial charge in [-0.25, -0.2) is 4.98 Å². The summed E-state index contributed by atoms with van der Waals surface area (Å²) in [4.78, 5) is 19.4. The number of carbonyl (C=O) groups is 1. The van der Waals surface area contributed by atoms with Crippen LogP contribution in [0.2, 0.25) is 5.02 Å². The van der Waals surface area contributed by atoms with Crippen LogP contribution in [0.5, 0.6) is 0 Å². The molecule has 0 saturated carbocycles. The normalized spacial score (nSPS) is 11.8. The van der Waals surface area contributed by atoms with Gasteiger partial charge >= 0.3 is 6.18 Å². The minimum absolute atomic E-state index is 0.0825. The van der Waals surface area contributed by atoms with Crippen LogP contribution in [-0.2, 0) is 6.18 Å². The van der Waals surface area contributed by atoms with E-state index in [1.165, 1.54) is 0 Å². The van der Waals surface area contributed by atoms with E-state index in [-0.39, 0.29) is 22.0 Å². The molecule has 3 aromatic rings. The molecule has 1 heterocycles. The van der Waals surface area contributed by atoms with E-state index >= 15 is 0 Å². The number of H-pyrrole nitrogens is 1. The van der Waals surface area contributed by atoms with Crippen molar-refractivity contribution < 1.29 is 18.0 Å². The highest BCUT2D eigenvalue weighted by Gasteiger charge is 2.31. The number of alkyl halides is 3. The van der Waals surface area contributed by atoms with Crippen molar-refractivity contribution in [2.24, 2.45) is 5.73 Å². The molecule has 1 aromatic heterocycles. The molecule has 9 heteroatoms. The van der Waals surface area contributed by atoms with Crippen LogP contribution in [0, 0.1) is 6.92 Å². The molecule has 148 valence electrons. The van der Waals surface area contributed by atoms with Gasteiger partial charge in [0.2, 0.25) is 0 Å². The van der Waals surface area contributed by atoms with Crippen molar-refractivity contribution in [3.63, 3.8) is 0 Å². The molecular weight excluding hydrogens is 393 g/mol. The van der Waals surface area contributed by atoms with E-state index in [1.54, 1.807) is 25.1 Å². The molecule has 0 bridgehead atoms. The van der Waals surface area contributed by atoms with Crippen LogP contribution >= 0.6 is 11.6 Å². The third-order valence-electron chi connectivity index (χ3n) is 4.28. The van der Waals surface area contributed by atoms with E-state index < -0.39 is 11.7 Å². The number of nitrogens with zero attached hydrogens (tertiary/aromatic N) is 1. The summed E-state index contributed by atoms with van der Waals surface area (Å²) in [5.41, 5.74) is 6.90. The predicted octanol–water partition coefficient (Wildman–Crippen LogP) is 4.29. The lowest BCUT2D eigenvalue weighted by Crippen LogP contribution is -2.26. The Bertz CT molecular complexity index is 1030. The maximum Gasteiger partial charge on any atom is 0.416 e. The number of nitrogens with one attached hydrogen (secondary N) is 2. The zero-order chi connectivity index (χ0) is 20.5. The number of fused-ring (bicyclic) bond motifs is 1. The number of nitrogens with two attached hydrogens (primary N) is 1. The van der Waals surface area contributed by atoms with Crippen molar-refractivity contribution >= 4 is 28.5 Å². The molecule has 4 N–H and O–H groups in total. The fraction of sp³-hybridized carbons (Fsp3) is 0.263. The number of aryl methyl sites for hydroxylation is 1. The molecule has 0 radical (unpaired) electrons. The molecule has 0 aliphatic heterocycles. The van der Waals surface area contributed by atoms with Gasteiger partial charge in [-0.05, 0) is 49.7 Å². The molecule has 0 aliphatic rings. The summed E-state index contributed by atoms with van der Waals surface area (Å²) in [6.07, 6.45) is -3.82. The number of rotatable bonds is 5. The number of hydrogen-bond donors (Lipinski definition) is 3. The molecule has 0 saturated heterocycles. The van der Waals surface area contributed by atoms with Gasteiger partial charge in [0.1, 0.15) is 11.3 Å². The molecule has 0 aliphatic carbocycles. The first-order valence-corrected chi connectivity index (χ1v) is 8.94. The molecule has 0 spiro atoms. The lowest BCUT2D eigenvalue weighted by molar-refractivity contribution is -0.137. The first kappa shape index (κ1) is 20.2. The highest BCUT2D eigenvalue weighted by Crippen LogP contribution is 2.35. The second-order valence-corrected chi connectivity index (χ2v) is 6.77. The molecule has 5 nitrogen and oxygen atoms in total. The van der Waals surface area contributed by atoms with Crippen molar-refractivity contribution in [2.45, 2.75) is 19.5 Å². The number of aromatic nitrogens is 2. The van der Waals surface area contributed by atoms with Gasteiger partial charge in [-0.15, -0.1) is 0 Å². The maximum atomic E-state index is 13.0. The summed E-state index contributed by atoms with van der Waals surface area (Å²) in [6.45, 7) is 2.77. The Labute approximate surface area is 164 Å². The summed E-state index contributed by atoms with van der Waals surface area (Å²) in [7, 11) is 0. The fourth-order valence-electron chi connectivity index (χ4n) is 2.84. The van der Waals surface area contributed by atoms with Crippen LogP contribution in [-0.4, -0.2) is 29.0 Å². The summed E-state index contributed by atoms with van der Waals surface area (Å²) >= 11 is 5.99. The van der Waals surface area contributed by atoms with Crippen molar-refractivity contribution in [3.8, 4) is 11.4 Å². The first-order valence-electron chi connectivity index (χ1n) is 8.56. The monoisotopic (exact) mass is 410 g/mol. The van der Waals surface area contributed by atoms with Gasteiger partial charge in [-0.3, -0.25) is 4.79 Å². The van der Waals surface area contributed by atoms with E-state index in [0.717, 1.165) is 17.7 Å². The molecule has 0 atom stereocenters. The lowest BCUT2D eigenvalue weighted by atomic mass is 10.0. The Morgan fingerprint density at radius 3 is 2.68 bits per heavy atom. The van der Waals surface area contributed by atoms with E-state index in [0.29, 0.717) is 36.5 Å². The van der Waals surface area contributed by atoms with Gasteiger partial charge in [0, 0.05) is 17.7 Å². The zero-order valence-corrected chi connectivity index (χ0v) is 15.7. The molecule has 28 heavy (non-hydrogen) atoms. The number of halogens is 4. The minimum atomic E-state index is -4.50. The average molecular weight is 411 g/mol. The van der Waals surface area contributed by atoms with Crippen LogP contribution in [0.4, 0.5) is 13.2 Å². The molecular formula is C19H18ClF3N4O. The van der Waals surface area contributed by atoms with E-state index in [4.69, 9.17) is 17.3 Å². The van der Waals surface area contributed by atoms with Crippen LogP contribution in [0.1, 0.15) is 27.9 Å². The summed E-state index contributed by atoms with van der Waals surface area (Å²) in [6, 6.07) is 6.87. The fourth-order valence-corrected chi connectivity index (χ4v) is 3.10. The summed E-state index contributed by atoms with van der Waals surface area (Å²) in [5.74, 6) is 0.161. The molecule has 0 unspecified atom stereocenters.